The highest BCUT2D eigenvalue weighted by atomic mass is 35.5. The summed E-state index contributed by atoms with van der Waals surface area (Å²) in [5.41, 5.74) is 2.82. The van der Waals surface area contributed by atoms with Gasteiger partial charge in [0, 0.05) is 19.2 Å². The lowest BCUT2D eigenvalue weighted by molar-refractivity contribution is -0.133. The van der Waals surface area contributed by atoms with Crippen molar-refractivity contribution in [3.05, 3.63) is 63.6 Å². The van der Waals surface area contributed by atoms with Crippen LogP contribution in [0.2, 0.25) is 10.0 Å². The number of carbonyl (C=O) groups excluding carboxylic acids is 2. The summed E-state index contributed by atoms with van der Waals surface area (Å²) in [4.78, 5) is 25.7. The van der Waals surface area contributed by atoms with Gasteiger partial charge < -0.3 is 10.2 Å². The molecule has 25 heavy (non-hydrogen) atoms. The van der Waals surface area contributed by atoms with Gasteiger partial charge in [0.2, 0.25) is 11.8 Å². The zero-order valence-corrected chi connectivity index (χ0v) is 15.7. The van der Waals surface area contributed by atoms with Gasteiger partial charge in [-0.2, -0.15) is 0 Å². The zero-order valence-electron chi connectivity index (χ0n) is 14.2. The smallest absolute Gasteiger partial charge is 0.243 e. The Kier molecular flexibility index (Phi) is 6.85. The lowest BCUT2D eigenvalue weighted by Gasteiger charge is -2.17. The Morgan fingerprint density at radius 2 is 1.84 bits per heavy atom. The third-order valence-electron chi connectivity index (χ3n) is 3.72. The monoisotopic (exact) mass is 378 g/mol. The highest BCUT2D eigenvalue weighted by Gasteiger charge is 2.13. The average molecular weight is 379 g/mol. The molecule has 0 aromatic heterocycles. The van der Waals surface area contributed by atoms with Crippen molar-refractivity contribution in [1.82, 2.24) is 4.90 Å². The van der Waals surface area contributed by atoms with Crippen LogP contribution in [-0.2, 0) is 16.0 Å². The molecule has 0 heterocycles. The molecular weight excluding hydrogens is 359 g/mol. The number of rotatable bonds is 6. The highest BCUT2D eigenvalue weighted by Crippen LogP contribution is 2.24. The van der Waals surface area contributed by atoms with Gasteiger partial charge in [0.1, 0.15) is 0 Å². The maximum atomic E-state index is 12.2. The van der Waals surface area contributed by atoms with Crippen LogP contribution < -0.4 is 5.32 Å². The number of halogens is 2. The maximum absolute atomic E-state index is 12.2. The van der Waals surface area contributed by atoms with Crippen molar-refractivity contribution in [3.8, 4) is 0 Å². The summed E-state index contributed by atoms with van der Waals surface area (Å²) in [6.07, 6.45) is 1.01. The molecule has 0 saturated heterocycles. The van der Waals surface area contributed by atoms with Crippen molar-refractivity contribution in [3.63, 3.8) is 0 Å². The Hall–Kier alpha value is -2.04. The summed E-state index contributed by atoms with van der Waals surface area (Å²) in [7, 11) is 1.62. The minimum Gasteiger partial charge on any atom is -0.336 e. The first kappa shape index (κ1) is 19.3. The summed E-state index contributed by atoms with van der Waals surface area (Å²) in [6, 6.07) is 12.9. The number of amides is 2. The first-order valence-electron chi connectivity index (χ1n) is 7.89. The van der Waals surface area contributed by atoms with E-state index < -0.39 is 0 Å². The van der Waals surface area contributed by atoms with Gasteiger partial charge in [-0.3, -0.25) is 9.59 Å². The normalized spacial score (nSPS) is 10.4. The first-order chi connectivity index (χ1) is 11.8. The van der Waals surface area contributed by atoms with Crippen LogP contribution in [0, 0.1) is 6.92 Å². The fourth-order valence-electron chi connectivity index (χ4n) is 2.39. The van der Waals surface area contributed by atoms with Crippen LogP contribution in [0.3, 0.4) is 0 Å². The van der Waals surface area contributed by atoms with E-state index in [1.54, 1.807) is 25.2 Å². The van der Waals surface area contributed by atoms with Gasteiger partial charge in [-0.15, -0.1) is 0 Å². The molecule has 0 saturated carbocycles. The molecular formula is C19H20Cl2N2O2. The first-order valence-corrected chi connectivity index (χ1v) is 8.65. The number of likely N-dealkylation sites (N-methyl/N-ethyl adjacent to an activating group) is 1. The molecule has 0 spiro atoms. The second-order valence-electron chi connectivity index (χ2n) is 5.92. The van der Waals surface area contributed by atoms with E-state index in [4.69, 9.17) is 23.2 Å². The zero-order chi connectivity index (χ0) is 18.4. The number of hydrogen-bond acceptors (Lipinski definition) is 2. The topological polar surface area (TPSA) is 49.4 Å². The molecule has 0 aliphatic carbocycles. The van der Waals surface area contributed by atoms with Crippen LogP contribution in [0.25, 0.3) is 0 Å². The minimum atomic E-state index is -0.287. The Bertz CT molecular complexity index is 778. The number of carbonyl (C=O) groups is 2. The number of aryl methyl sites for hydroxylation is 2. The maximum Gasteiger partial charge on any atom is 0.243 e. The third kappa shape index (κ3) is 6.07. The molecule has 1 N–H and O–H groups in total. The van der Waals surface area contributed by atoms with E-state index in [0.717, 1.165) is 5.56 Å². The standard InChI is InChI=1S/C19H20Cl2N2O2/c1-13-4-3-5-14(10-13)6-9-19(25)23(2)12-18(24)22-15-7-8-16(20)17(21)11-15/h3-5,7-8,10-11H,6,9,12H2,1-2H3,(H,22,24). The second-order valence-corrected chi connectivity index (χ2v) is 6.73. The van der Waals surface area contributed by atoms with E-state index in [1.807, 2.05) is 25.1 Å². The number of anilines is 1. The third-order valence-corrected chi connectivity index (χ3v) is 4.46. The molecule has 0 radical (unpaired) electrons. The van der Waals surface area contributed by atoms with Gasteiger partial charge in [-0.05, 0) is 37.1 Å². The molecule has 0 atom stereocenters. The Morgan fingerprint density at radius 1 is 1.08 bits per heavy atom. The molecule has 6 heteroatoms. The number of hydrogen-bond donors (Lipinski definition) is 1. The van der Waals surface area contributed by atoms with E-state index >= 15 is 0 Å². The van der Waals surface area contributed by atoms with E-state index in [0.29, 0.717) is 28.6 Å². The van der Waals surface area contributed by atoms with Crippen LogP contribution in [0.4, 0.5) is 5.69 Å². The molecule has 2 amide bonds. The number of nitrogens with zero attached hydrogens (tertiary/aromatic N) is 1. The van der Waals surface area contributed by atoms with E-state index in [-0.39, 0.29) is 18.4 Å². The Morgan fingerprint density at radius 3 is 2.52 bits per heavy atom. The van der Waals surface area contributed by atoms with Crippen molar-refractivity contribution in [2.75, 3.05) is 18.9 Å². The van der Waals surface area contributed by atoms with E-state index in [2.05, 4.69) is 11.4 Å². The van der Waals surface area contributed by atoms with Gasteiger partial charge in [0.05, 0.1) is 16.6 Å². The lowest BCUT2D eigenvalue weighted by atomic mass is 10.1. The Labute approximate surface area is 157 Å². The van der Waals surface area contributed by atoms with E-state index in [1.165, 1.54) is 10.5 Å². The van der Waals surface area contributed by atoms with Crippen molar-refractivity contribution < 1.29 is 9.59 Å². The van der Waals surface area contributed by atoms with Gasteiger partial charge in [-0.25, -0.2) is 0 Å². The van der Waals surface area contributed by atoms with Crippen molar-refractivity contribution in [2.24, 2.45) is 0 Å². The van der Waals surface area contributed by atoms with E-state index in [9.17, 15) is 9.59 Å². The van der Waals surface area contributed by atoms with Crippen LogP contribution >= 0.6 is 23.2 Å². The minimum absolute atomic E-state index is 0.0209. The molecule has 2 aromatic carbocycles. The van der Waals surface area contributed by atoms with Crippen LogP contribution in [0.5, 0.6) is 0 Å². The van der Waals surface area contributed by atoms with Gasteiger partial charge >= 0.3 is 0 Å². The molecule has 2 aromatic rings. The highest BCUT2D eigenvalue weighted by molar-refractivity contribution is 6.42. The SMILES string of the molecule is Cc1cccc(CCC(=O)N(C)CC(=O)Nc2ccc(Cl)c(Cl)c2)c1. The molecule has 4 nitrogen and oxygen atoms in total. The molecule has 2 rings (SSSR count). The van der Waals surface area contributed by atoms with Gasteiger partial charge in [-0.1, -0.05) is 53.0 Å². The Balaban J connectivity index is 1.83. The molecule has 132 valence electrons. The molecule has 0 aliphatic heterocycles. The van der Waals surface area contributed by atoms with Gasteiger partial charge in [0.15, 0.2) is 0 Å². The molecule has 0 aliphatic rings. The van der Waals surface area contributed by atoms with Crippen LogP contribution in [-0.4, -0.2) is 30.3 Å². The summed E-state index contributed by atoms with van der Waals surface area (Å²) in [5, 5.41) is 3.48. The predicted octanol–water partition coefficient (Wildman–Crippen LogP) is 4.33. The summed E-state index contributed by atoms with van der Waals surface area (Å²) < 4.78 is 0. The summed E-state index contributed by atoms with van der Waals surface area (Å²) >= 11 is 11.8. The quantitative estimate of drug-likeness (QED) is 0.812. The second kappa shape index (κ2) is 8.88. The van der Waals surface area contributed by atoms with Crippen LogP contribution in [0.15, 0.2) is 42.5 Å². The van der Waals surface area contributed by atoms with Crippen molar-refractivity contribution in [2.45, 2.75) is 19.8 Å². The number of nitrogens with one attached hydrogen (secondary N) is 1. The van der Waals surface area contributed by atoms with Crippen molar-refractivity contribution >= 4 is 40.7 Å². The fourth-order valence-corrected chi connectivity index (χ4v) is 2.69. The molecule has 0 bridgehead atoms. The fraction of sp³-hybridized carbons (Fsp3) is 0.263. The largest absolute Gasteiger partial charge is 0.336 e. The van der Waals surface area contributed by atoms with Gasteiger partial charge in [0.25, 0.3) is 0 Å². The molecule has 0 fully saturated rings. The predicted molar refractivity (Wildman–Crippen MR) is 102 cm³/mol. The average Bonchev–Trinajstić information content (AvgIpc) is 2.56. The lowest BCUT2D eigenvalue weighted by Crippen LogP contribution is -2.35. The summed E-state index contributed by atoms with van der Waals surface area (Å²) in [5.74, 6) is -0.365. The summed E-state index contributed by atoms with van der Waals surface area (Å²) in [6.45, 7) is 2.00. The molecule has 0 unspecified atom stereocenters. The van der Waals surface area contributed by atoms with Crippen molar-refractivity contribution in [1.29, 1.82) is 0 Å². The number of benzene rings is 2. The van der Waals surface area contributed by atoms with Crippen LogP contribution in [0.1, 0.15) is 17.5 Å².